The summed E-state index contributed by atoms with van der Waals surface area (Å²) in [7, 11) is 0. The number of halogens is 1. The van der Waals surface area contributed by atoms with E-state index in [1.165, 1.54) is 0 Å². The van der Waals surface area contributed by atoms with E-state index in [1.807, 2.05) is 26.0 Å². The first-order valence-electron chi connectivity index (χ1n) is 5.78. The van der Waals surface area contributed by atoms with Gasteiger partial charge in [0.15, 0.2) is 5.82 Å². The van der Waals surface area contributed by atoms with Gasteiger partial charge in [-0.15, -0.1) is 0 Å². The smallest absolute Gasteiger partial charge is 0.168 e. The molecule has 0 aliphatic carbocycles. The van der Waals surface area contributed by atoms with Crippen LogP contribution >= 0.6 is 11.6 Å². The normalized spacial score (nSPS) is 10.3. The summed E-state index contributed by atoms with van der Waals surface area (Å²) in [5.41, 5.74) is 4.29. The topological polar surface area (TPSA) is 73.1 Å². The summed E-state index contributed by atoms with van der Waals surface area (Å²) >= 11 is 5.96. The highest BCUT2D eigenvalue weighted by Crippen LogP contribution is 2.21. The van der Waals surface area contributed by atoms with E-state index in [2.05, 4.69) is 15.4 Å². The third kappa shape index (κ3) is 3.56. The molecule has 0 fully saturated rings. The van der Waals surface area contributed by atoms with Crippen LogP contribution in [0, 0.1) is 13.8 Å². The van der Waals surface area contributed by atoms with Crippen LogP contribution in [0.15, 0.2) is 24.3 Å². The molecule has 0 spiro atoms. The molecule has 0 aliphatic rings. The number of ether oxygens (including phenoxy) is 1. The number of rotatable bonds is 4. The lowest BCUT2D eigenvalue weighted by atomic mass is 10.2. The summed E-state index contributed by atoms with van der Waals surface area (Å²) in [6.07, 6.45) is 0. The molecule has 0 saturated carbocycles. The SMILES string of the molecule is Cc1cc(NN)nc(COc2ccc(Cl)c(C)c2)n1. The van der Waals surface area contributed by atoms with Crippen LogP contribution in [0.4, 0.5) is 5.82 Å². The van der Waals surface area contributed by atoms with Crippen molar-refractivity contribution in [3.05, 3.63) is 46.4 Å². The van der Waals surface area contributed by atoms with Crippen LogP contribution < -0.4 is 16.0 Å². The zero-order valence-electron chi connectivity index (χ0n) is 10.8. The van der Waals surface area contributed by atoms with E-state index >= 15 is 0 Å². The minimum Gasteiger partial charge on any atom is -0.486 e. The van der Waals surface area contributed by atoms with Gasteiger partial charge >= 0.3 is 0 Å². The van der Waals surface area contributed by atoms with Crippen molar-refractivity contribution in [3.8, 4) is 5.75 Å². The van der Waals surface area contributed by atoms with Crippen LogP contribution in [0.5, 0.6) is 5.75 Å². The second-order valence-corrected chi connectivity index (χ2v) is 4.56. The van der Waals surface area contributed by atoms with Gasteiger partial charge in [-0.25, -0.2) is 15.8 Å². The third-order valence-corrected chi connectivity index (χ3v) is 2.97. The zero-order chi connectivity index (χ0) is 13.8. The average Bonchev–Trinajstić information content (AvgIpc) is 2.39. The lowest BCUT2D eigenvalue weighted by Gasteiger charge is -2.08. The van der Waals surface area contributed by atoms with Gasteiger partial charge in [0.2, 0.25) is 0 Å². The summed E-state index contributed by atoms with van der Waals surface area (Å²) in [5, 5.41) is 0.716. The van der Waals surface area contributed by atoms with Crippen molar-refractivity contribution in [1.82, 2.24) is 9.97 Å². The van der Waals surface area contributed by atoms with Gasteiger partial charge in [0.1, 0.15) is 18.2 Å². The van der Waals surface area contributed by atoms with Crippen molar-refractivity contribution < 1.29 is 4.74 Å². The number of nitrogens with zero attached hydrogens (tertiary/aromatic N) is 2. The van der Waals surface area contributed by atoms with Gasteiger partial charge in [0.25, 0.3) is 0 Å². The summed E-state index contributed by atoms with van der Waals surface area (Å²) < 4.78 is 5.63. The van der Waals surface area contributed by atoms with Crippen LogP contribution in [-0.2, 0) is 6.61 Å². The third-order valence-electron chi connectivity index (χ3n) is 2.55. The molecule has 0 saturated heterocycles. The van der Waals surface area contributed by atoms with Crippen LogP contribution in [0.3, 0.4) is 0 Å². The molecule has 0 bridgehead atoms. The fourth-order valence-electron chi connectivity index (χ4n) is 1.62. The molecule has 1 aromatic carbocycles. The van der Waals surface area contributed by atoms with Crippen LogP contribution in [0.2, 0.25) is 5.02 Å². The van der Waals surface area contributed by atoms with Gasteiger partial charge in [-0.2, -0.15) is 0 Å². The maximum absolute atomic E-state index is 5.96. The first-order chi connectivity index (χ1) is 9.08. The van der Waals surface area contributed by atoms with Crippen LogP contribution in [-0.4, -0.2) is 9.97 Å². The number of hydrogen-bond acceptors (Lipinski definition) is 5. The minimum absolute atomic E-state index is 0.275. The Morgan fingerprint density at radius 2 is 2.05 bits per heavy atom. The van der Waals surface area contributed by atoms with E-state index in [9.17, 15) is 0 Å². The summed E-state index contributed by atoms with van der Waals surface area (Å²) in [6, 6.07) is 7.25. The Kier molecular flexibility index (Phi) is 4.19. The molecule has 6 heteroatoms. The number of aromatic nitrogens is 2. The summed E-state index contributed by atoms with van der Waals surface area (Å²) in [6.45, 7) is 4.07. The second kappa shape index (κ2) is 5.86. The maximum Gasteiger partial charge on any atom is 0.168 e. The molecular formula is C13H15ClN4O. The predicted molar refractivity (Wildman–Crippen MR) is 75.1 cm³/mol. The van der Waals surface area contributed by atoms with Gasteiger partial charge in [0, 0.05) is 16.8 Å². The standard InChI is InChI=1S/C13H15ClN4O/c1-8-5-10(3-4-11(8)14)19-7-13-16-9(2)6-12(17-13)18-15/h3-6H,7,15H2,1-2H3,(H,16,17,18). The maximum atomic E-state index is 5.96. The molecule has 5 nitrogen and oxygen atoms in total. The first kappa shape index (κ1) is 13.6. The van der Waals surface area contributed by atoms with Crippen molar-refractivity contribution >= 4 is 17.4 Å². The number of nitrogens with two attached hydrogens (primary N) is 1. The number of anilines is 1. The number of nitrogen functional groups attached to an aromatic ring is 1. The van der Waals surface area contributed by atoms with E-state index < -0.39 is 0 Å². The van der Waals surface area contributed by atoms with Crippen molar-refractivity contribution in [2.24, 2.45) is 5.84 Å². The Bertz CT molecular complexity index is 589. The van der Waals surface area contributed by atoms with Gasteiger partial charge in [-0.05, 0) is 37.6 Å². The second-order valence-electron chi connectivity index (χ2n) is 4.15. The number of hydrogen-bond donors (Lipinski definition) is 2. The number of benzene rings is 1. The van der Waals surface area contributed by atoms with E-state index in [0.717, 1.165) is 17.0 Å². The Morgan fingerprint density at radius 1 is 1.26 bits per heavy atom. The number of aryl methyl sites for hydroxylation is 2. The quantitative estimate of drug-likeness (QED) is 0.664. The predicted octanol–water partition coefficient (Wildman–Crippen LogP) is 2.61. The lowest BCUT2D eigenvalue weighted by Crippen LogP contribution is -2.12. The monoisotopic (exact) mass is 278 g/mol. The Balaban J connectivity index is 2.09. The highest BCUT2D eigenvalue weighted by atomic mass is 35.5. The average molecular weight is 279 g/mol. The first-order valence-corrected chi connectivity index (χ1v) is 6.16. The number of hydrazine groups is 1. The Labute approximate surface area is 116 Å². The van der Waals surface area contributed by atoms with Gasteiger partial charge < -0.3 is 10.2 Å². The molecule has 100 valence electrons. The molecule has 1 aromatic heterocycles. The molecule has 0 atom stereocenters. The molecule has 2 aromatic rings. The molecule has 0 aliphatic heterocycles. The van der Waals surface area contributed by atoms with E-state index in [-0.39, 0.29) is 6.61 Å². The van der Waals surface area contributed by atoms with Gasteiger partial charge in [-0.1, -0.05) is 11.6 Å². The fraction of sp³-hybridized carbons (Fsp3) is 0.231. The fourth-order valence-corrected chi connectivity index (χ4v) is 1.74. The Hall–Kier alpha value is -1.85. The Morgan fingerprint density at radius 3 is 2.74 bits per heavy atom. The minimum atomic E-state index is 0.275. The highest BCUT2D eigenvalue weighted by Gasteiger charge is 2.04. The summed E-state index contributed by atoms with van der Waals surface area (Å²) in [5.74, 6) is 7.20. The molecule has 1 heterocycles. The number of nitrogens with one attached hydrogen (secondary N) is 1. The summed E-state index contributed by atoms with van der Waals surface area (Å²) in [4.78, 5) is 8.49. The molecule has 3 N–H and O–H groups in total. The molecule has 19 heavy (non-hydrogen) atoms. The molecule has 2 rings (SSSR count). The highest BCUT2D eigenvalue weighted by molar-refractivity contribution is 6.31. The molecule has 0 amide bonds. The van der Waals surface area contributed by atoms with Crippen LogP contribution in [0.25, 0.3) is 0 Å². The molecular weight excluding hydrogens is 264 g/mol. The van der Waals surface area contributed by atoms with Crippen molar-refractivity contribution in [2.45, 2.75) is 20.5 Å². The zero-order valence-corrected chi connectivity index (χ0v) is 11.5. The van der Waals surface area contributed by atoms with E-state index in [0.29, 0.717) is 16.7 Å². The van der Waals surface area contributed by atoms with Crippen molar-refractivity contribution in [1.29, 1.82) is 0 Å². The van der Waals surface area contributed by atoms with Crippen molar-refractivity contribution in [2.75, 3.05) is 5.43 Å². The van der Waals surface area contributed by atoms with Crippen LogP contribution in [0.1, 0.15) is 17.1 Å². The van der Waals surface area contributed by atoms with Gasteiger partial charge in [-0.3, -0.25) is 0 Å². The van der Waals surface area contributed by atoms with E-state index in [1.54, 1.807) is 12.1 Å². The molecule has 0 radical (unpaired) electrons. The lowest BCUT2D eigenvalue weighted by molar-refractivity contribution is 0.295. The largest absolute Gasteiger partial charge is 0.486 e. The molecule has 0 unspecified atom stereocenters. The van der Waals surface area contributed by atoms with E-state index in [4.69, 9.17) is 22.2 Å². The van der Waals surface area contributed by atoms with Gasteiger partial charge in [0.05, 0.1) is 0 Å². The van der Waals surface area contributed by atoms with Crippen molar-refractivity contribution in [3.63, 3.8) is 0 Å².